The molecule has 9 heteroatoms. The van der Waals surface area contributed by atoms with Crippen molar-refractivity contribution in [3.8, 4) is 11.1 Å². The fourth-order valence-electron chi connectivity index (χ4n) is 3.47. The highest BCUT2D eigenvalue weighted by Gasteiger charge is 2.19. The number of hydrogen-bond acceptors (Lipinski definition) is 5. The summed E-state index contributed by atoms with van der Waals surface area (Å²) < 4.78 is 0.932. The Balaban J connectivity index is 1.91. The van der Waals surface area contributed by atoms with Crippen molar-refractivity contribution in [3.05, 3.63) is 81.9 Å². The Kier molecular flexibility index (Phi) is 8.32. The molecule has 0 atom stereocenters. The van der Waals surface area contributed by atoms with Gasteiger partial charge in [0, 0.05) is 36.0 Å². The number of carbonyl (C=O) groups is 1. The van der Waals surface area contributed by atoms with Crippen LogP contribution in [-0.2, 0) is 17.8 Å². The summed E-state index contributed by atoms with van der Waals surface area (Å²) in [6.45, 7) is 2.87. The van der Waals surface area contributed by atoms with Gasteiger partial charge in [0.25, 0.3) is 0 Å². The number of hydrogen-bond donors (Lipinski definition) is 5. The standard InChI is InChI=1S/C25H29ClN6O2/c1-2-3-11-30-22-13-20(26)24(18-5-4-6-19(27)12-18)21(32(22)34)14-23(33)31-15-16-7-9-17(10-8-16)25(28)29/h4-10,12-13,34H,2-3,11,14-15,27H2,1H3,(H3,28,29)(H,31,33). The van der Waals surface area contributed by atoms with Gasteiger partial charge in [-0.05, 0) is 29.7 Å². The SMILES string of the molecule is CCCCN=c1cc(Cl)c(-c2cccc(N)c2)c(CC(=O)NCc2ccc(C(=N)N)cc2)n1O. The van der Waals surface area contributed by atoms with Crippen molar-refractivity contribution in [2.45, 2.75) is 32.7 Å². The molecule has 1 amide bonds. The second-order valence-corrected chi connectivity index (χ2v) is 8.32. The molecule has 0 unspecified atom stereocenters. The van der Waals surface area contributed by atoms with E-state index in [1.807, 2.05) is 6.07 Å². The number of nitrogens with zero attached hydrogens (tertiary/aromatic N) is 2. The van der Waals surface area contributed by atoms with Gasteiger partial charge in [0.15, 0.2) is 5.49 Å². The molecule has 0 aliphatic carbocycles. The van der Waals surface area contributed by atoms with Crippen molar-refractivity contribution in [1.82, 2.24) is 10.0 Å². The molecule has 0 aliphatic rings. The predicted molar refractivity (Wildman–Crippen MR) is 135 cm³/mol. The molecule has 0 saturated carbocycles. The number of benzene rings is 2. The van der Waals surface area contributed by atoms with Crippen molar-refractivity contribution in [3.63, 3.8) is 0 Å². The number of amidine groups is 1. The maximum Gasteiger partial charge on any atom is 0.226 e. The normalized spacial score (nSPS) is 11.4. The van der Waals surface area contributed by atoms with Crippen molar-refractivity contribution in [1.29, 1.82) is 5.41 Å². The summed E-state index contributed by atoms with van der Waals surface area (Å²) in [5.74, 6) is -0.316. The van der Waals surface area contributed by atoms with Crippen LogP contribution in [0.4, 0.5) is 5.69 Å². The van der Waals surface area contributed by atoms with Gasteiger partial charge in [-0.2, -0.15) is 4.73 Å². The van der Waals surface area contributed by atoms with Gasteiger partial charge in [-0.25, -0.2) is 0 Å². The lowest BCUT2D eigenvalue weighted by Crippen LogP contribution is -2.30. The molecule has 0 saturated heterocycles. The smallest absolute Gasteiger partial charge is 0.226 e. The Labute approximate surface area is 203 Å². The molecule has 0 aliphatic heterocycles. The minimum Gasteiger partial charge on any atom is -0.427 e. The van der Waals surface area contributed by atoms with Gasteiger partial charge >= 0.3 is 0 Å². The van der Waals surface area contributed by atoms with Gasteiger partial charge in [0.1, 0.15) is 5.84 Å². The number of nitrogens with one attached hydrogen (secondary N) is 2. The molecule has 34 heavy (non-hydrogen) atoms. The Morgan fingerprint density at radius 1 is 1.21 bits per heavy atom. The molecule has 0 bridgehead atoms. The molecule has 0 spiro atoms. The lowest BCUT2D eigenvalue weighted by Gasteiger charge is -2.16. The number of unbranched alkanes of at least 4 members (excludes halogenated alkanes) is 1. The van der Waals surface area contributed by atoms with Crippen LogP contribution in [0.15, 0.2) is 59.6 Å². The Morgan fingerprint density at radius 3 is 2.59 bits per heavy atom. The minimum absolute atomic E-state index is 0.0155. The first-order chi connectivity index (χ1) is 16.3. The largest absolute Gasteiger partial charge is 0.427 e. The zero-order valence-corrected chi connectivity index (χ0v) is 19.8. The lowest BCUT2D eigenvalue weighted by atomic mass is 10.0. The van der Waals surface area contributed by atoms with E-state index in [1.54, 1.807) is 48.5 Å². The van der Waals surface area contributed by atoms with Gasteiger partial charge in [-0.3, -0.25) is 15.2 Å². The van der Waals surface area contributed by atoms with Crippen molar-refractivity contribution in [2.24, 2.45) is 10.7 Å². The Morgan fingerprint density at radius 2 is 1.94 bits per heavy atom. The van der Waals surface area contributed by atoms with E-state index < -0.39 is 0 Å². The molecule has 0 fully saturated rings. The maximum atomic E-state index is 12.9. The lowest BCUT2D eigenvalue weighted by molar-refractivity contribution is -0.120. The summed E-state index contributed by atoms with van der Waals surface area (Å²) in [6, 6.07) is 15.7. The van der Waals surface area contributed by atoms with Crippen LogP contribution in [0.2, 0.25) is 5.02 Å². The molecule has 1 aromatic heterocycles. The molecule has 7 N–H and O–H groups in total. The number of amides is 1. The number of carbonyl (C=O) groups excluding carboxylic acids is 1. The Hall–Kier alpha value is -3.78. The average Bonchev–Trinajstić information content (AvgIpc) is 2.81. The van der Waals surface area contributed by atoms with Crippen LogP contribution < -0.4 is 22.3 Å². The summed E-state index contributed by atoms with van der Waals surface area (Å²) in [4.78, 5) is 17.3. The van der Waals surface area contributed by atoms with E-state index in [2.05, 4.69) is 17.2 Å². The van der Waals surface area contributed by atoms with Crippen molar-refractivity contribution < 1.29 is 10.0 Å². The van der Waals surface area contributed by atoms with Crippen molar-refractivity contribution >= 4 is 29.0 Å². The monoisotopic (exact) mass is 480 g/mol. The molecule has 2 aromatic carbocycles. The average molecular weight is 481 g/mol. The molecule has 3 aromatic rings. The molecule has 3 rings (SSSR count). The second kappa shape index (κ2) is 11.4. The third-order valence-electron chi connectivity index (χ3n) is 5.30. The zero-order valence-electron chi connectivity index (χ0n) is 19.0. The number of halogens is 1. The van der Waals surface area contributed by atoms with Crippen LogP contribution in [0.1, 0.15) is 36.6 Å². The number of nitrogen functional groups attached to an aromatic ring is 2. The number of nitrogens with two attached hydrogens (primary N) is 2. The zero-order chi connectivity index (χ0) is 24.7. The second-order valence-electron chi connectivity index (χ2n) is 7.91. The molecular formula is C25H29ClN6O2. The summed E-state index contributed by atoms with van der Waals surface area (Å²) in [6.07, 6.45) is 1.71. The molecule has 0 radical (unpaired) electrons. The first-order valence-corrected chi connectivity index (χ1v) is 11.4. The van der Waals surface area contributed by atoms with Gasteiger partial charge in [0.05, 0.1) is 17.1 Å². The molecule has 1 heterocycles. The van der Waals surface area contributed by atoms with Crippen LogP contribution in [0.25, 0.3) is 11.1 Å². The third-order valence-corrected chi connectivity index (χ3v) is 5.60. The van der Waals surface area contributed by atoms with E-state index in [-0.39, 0.29) is 30.2 Å². The first kappa shape index (κ1) is 24.9. The number of pyridine rings is 1. The van der Waals surface area contributed by atoms with E-state index in [4.69, 9.17) is 28.5 Å². The van der Waals surface area contributed by atoms with Crippen LogP contribution in [0.3, 0.4) is 0 Å². The summed E-state index contributed by atoms with van der Waals surface area (Å²) >= 11 is 6.62. The van der Waals surface area contributed by atoms with Crippen LogP contribution >= 0.6 is 11.6 Å². The van der Waals surface area contributed by atoms with Crippen LogP contribution in [-0.4, -0.2) is 28.2 Å². The Bertz CT molecular complexity index is 1250. The fraction of sp³-hybridized carbons (Fsp3) is 0.240. The van der Waals surface area contributed by atoms with E-state index in [0.29, 0.717) is 39.6 Å². The molecule has 178 valence electrons. The molecule has 8 nitrogen and oxygen atoms in total. The van der Waals surface area contributed by atoms with E-state index >= 15 is 0 Å². The summed E-state index contributed by atoms with van der Waals surface area (Å²) in [7, 11) is 0. The number of aromatic nitrogens is 1. The van der Waals surface area contributed by atoms with Gasteiger partial charge in [-0.15, -0.1) is 0 Å². The van der Waals surface area contributed by atoms with Crippen molar-refractivity contribution in [2.75, 3.05) is 12.3 Å². The van der Waals surface area contributed by atoms with E-state index in [1.165, 1.54) is 0 Å². The highest BCUT2D eigenvalue weighted by molar-refractivity contribution is 6.33. The van der Waals surface area contributed by atoms with E-state index in [0.717, 1.165) is 23.1 Å². The van der Waals surface area contributed by atoms with Crippen LogP contribution in [0.5, 0.6) is 0 Å². The highest BCUT2D eigenvalue weighted by Crippen LogP contribution is 2.31. The highest BCUT2D eigenvalue weighted by atomic mass is 35.5. The van der Waals surface area contributed by atoms with Crippen LogP contribution in [0, 0.1) is 5.41 Å². The van der Waals surface area contributed by atoms with E-state index in [9.17, 15) is 10.0 Å². The maximum absolute atomic E-state index is 12.9. The first-order valence-electron chi connectivity index (χ1n) is 11.0. The van der Waals surface area contributed by atoms with Gasteiger partial charge < -0.3 is 22.0 Å². The topological polar surface area (TPSA) is 143 Å². The van der Waals surface area contributed by atoms with Gasteiger partial charge in [-0.1, -0.05) is 61.3 Å². The number of rotatable bonds is 9. The predicted octanol–water partition coefficient (Wildman–Crippen LogP) is 3.47. The minimum atomic E-state index is -0.301. The third kappa shape index (κ3) is 6.17. The molecular weight excluding hydrogens is 452 g/mol. The quantitative estimate of drug-likeness (QED) is 0.105. The number of anilines is 1. The summed E-state index contributed by atoms with van der Waals surface area (Å²) in [5.41, 5.74) is 15.3. The van der Waals surface area contributed by atoms with Gasteiger partial charge in [0.2, 0.25) is 5.91 Å². The summed E-state index contributed by atoms with van der Waals surface area (Å²) in [5, 5.41) is 21.7. The fourth-order valence-corrected chi connectivity index (χ4v) is 3.79.